The van der Waals surface area contributed by atoms with E-state index in [1.807, 2.05) is 12.1 Å². The van der Waals surface area contributed by atoms with Gasteiger partial charge in [-0.25, -0.2) is 4.39 Å². The molecule has 0 aliphatic heterocycles. The van der Waals surface area contributed by atoms with Crippen molar-refractivity contribution in [2.24, 2.45) is 0 Å². The Morgan fingerprint density at radius 3 is 2.61 bits per heavy atom. The van der Waals surface area contributed by atoms with Gasteiger partial charge in [0.05, 0.1) is 0 Å². The molecule has 0 unspecified atom stereocenters. The second-order valence-corrected chi connectivity index (χ2v) is 5.03. The summed E-state index contributed by atoms with van der Waals surface area (Å²) in [5.74, 6) is 3.11. The number of hydrogen-bond acceptors (Lipinski definition) is 1. The summed E-state index contributed by atoms with van der Waals surface area (Å²) in [6, 6.07) is 7.55. The molecule has 0 bridgehead atoms. The van der Waals surface area contributed by atoms with Gasteiger partial charge in [0, 0.05) is 12.5 Å². The molecule has 0 aromatic heterocycles. The van der Waals surface area contributed by atoms with Crippen molar-refractivity contribution < 1.29 is 4.39 Å². The summed E-state index contributed by atoms with van der Waals surface area (Å²) in [7, 11) is 0. The molecule has 1 fully saturated rings. The minimum atomic E-state index is -0.152. The van der Waals surface area contributed by atoms with Crippen molar-refractivity contribution in [3.63, 3.8) is 0 Å². The maximum atomic E-state index is 12.8. The average molecular weight is 245 g/mol. The molecular weight excluding hydrogens is 225 g/mol. The van der Waals surface area contributed by atoms with Crippen LogP contribution in [0, 0.1) is 18.2 Å². The highest BCUT2D eigenvalue weighted by atomic mass is 19.1. The highest BCUT2D eigenvalue weighted by Gasteiger charge is 2.29. The van der Waals surface area contributed by atoms with Gasteiger partial charge in [-0.1, -0.05) is 12.1 Å². The van der Waals surface area contributed by atoms with Crippen LogP contribution in [0.5, 0.6) is 0 Å². The molecule has 96 valence electrons. The van der Waals surface area contributed by atoms with E-state index in [0.29, 0.717) is 12.0 Å². The lowest BCUT2D eigenvalue weighted by atomic mass is 9.76. The van der Waals surface area contributed by atoms with E-state index in [-0.39, 0.29) is 5.82 Å². The molecule has 0 saturated heterocycles. The van der Waals surface area contributed by atoms with Gasteiger partial charge in [-0.3, -0.25) is 0 Å². The van der Waals surface area contributed by atoms with E-state index in [9.17, 15) is 4.39 Å². The van der Waals surface area contributed by atoms with Crippen molar-refractivity contribution in [2.75, 3.05) is 6.54 Å². The van der Waals surface area contributed by atoms with Gasteiger partial charge in [0.15, 0.2) is 0 Å². The Kier molecular flexibility index (Phi) is 4.78. The van der Waals surface area contributed by atoms with Crippen LogP contribution in [0.2, 0.25) is 0 Å². The van der Waals surface area contributed by atoms with Gasteiger partial charge in [0.1, 0.15) is 5.82 Å². The van der Waals surface area contributed by atoms with E-state index in [2.05, 4.69) is 11.2 Å². The molecule has 1 saturated carbocycles. The maximum Gasteiger partial charge on any atom is 0.123 e. The summed E-state index contributed by atoms with van der Waals surface area (Å²) in [5, 5.41) is 3.55. The molecule has 0 atom stereocenters. The number of hydrogen-bond donors (Lipinski definition) is 1. The van der Waals surface area contributed by atoms with Crippen LogP contribution in [0.1, 0.15) is 43.6 Å². The molecule has 0 spiro atoms. The average Bonchev–Trinajstić information content (AvgIpc) is 2.33. The minimum Gasteiger partial charge on any atom is -0.314 e. The number of nitrogens with one attached hydrogen (secondary N) is 1. The van der Waals surface area contributed by atoms with Crippen molar-refractivity contribution in [1.29, 1.82) is 0 Å². The lowest BCUT2D eigenvalue weighted by Gasteiger charge is -2.36. The molecule has 1 aromatic rings. The van der Waals surface area contributed by atoms with Gasteiger partial charge in [-0.2, -0.15) is 0 Å². The first-order valence-electron chi connectivity index (χ1n) is 6.72. The van der Waals surface area contributed by atoms with Crippen molar-refractivity contribution >= 4 is 0 Å². The zero-order chi connectivity index (χ0) is 12.8. The third-order valence-electron chi connectivity index (χ3n) is 3.66. The SMILES string of the molecule is C#CCCCCNC1CC(c2ccc(F)cc2)C1. The van der Waals surface area contributed by atoms with Gasteiger partial charge in [-0.05, 0) is 55.8 Å². The molecule has 2 heteroatoms. The molecule has 1 nitrogen and oxygen atoms in total. The summed E-state index contributed by atoms with van der Waals surface area (Å²) in [4.78, 5) is 0. The molecule has 0 radical (unpaired) electrons. The smallest absolute Gasteiger partial charge is 0.123 e. The molecular formula is C16H20FN. The summed E-state index contributed by atoms with van der Waals surface area (Å²) in [6.07, 6.45) is 10.7. The van der Waals surface area contributed by atoms with Crippen LogP contribution >= 0.6 is 0 Å². The van der Waals surface area contributed by atoms with E-state index in [1.54, 1.807) is 12.1 Å². The zero-order valence-corrected chi connectivity index (χ0v) is 10.7. The van der Waals surface area contributed by atoms with E-state index < -0.39 is 0 Å². The predicted molar refractivity (Wildman–Crippen MR) is 72.8 cm³/mol. The standard InChI is InChI=1S/C16H20FN/c1-2-3-4-5-10-18-16-11-14(12-16)13-6-8-15(17)9-7-13/h1,6-9,14,16,18H,3-5,10-12H2. The van der Waals surface area contributed by atoms with Crippen LogP contribution in [-0.4, -0.2) is 12.6 Å². The van der Waals surface area contributed by atoms with Crippen LogP contribution in [0.15, 0.2) is 24.3 Å². The minimum absolute atomic E-state index is 0.152. The van der Waals surface area contributed by atoms with Gasteiger partial charge < -0.3 is 5.32 Å². The normalized spacial score (nSPS) is 22.2. The summed E-state index contributed by atoms with van der Waals surface area (Å²) >= 11 is 0. The Bertz CT molecular complexity index is 398. The summed E-state index contributed by atoms with van der Waals surface area (Å²) in [5.41, 5.74) is 1.27. The van der Waals surface area contributed by atoms with Gasteiger partial charge in [-0.15, -0.1) is 12.3 Å². The van der Waals surface area contributed by atoms with Gasteiger partial charge >= 0.3 is 0 Å². The largest absolute Gasteiger partial charge is 0.314 e. The molecule has 1 aliphatic rings. The van der Waals surface area contributed by atoms with Crippen LogP contribution in [0.25, 0.3) is 0 Å². The lowest BCUT2D eigenvalue weighted by molar-refractivity contribution is 0.290. The Morgan fingerprint density at radius 2 is 1.94 bits per heavy atom. The predicted octanol–water partition coefficient (Wildman–Crippen LogP) is 3.46. The van der Waals surface area contributed by atoms with E-state index in [1.165, 1.54) is 18.4 Å². The molecule has 1 N–H and O–H groups in total. The summed E-state index contributed by atoms with van der Waals surface area (Å²) in [6.45, 7) is 1.06. The maximum absolute atomic E-state index is 12.8. The van der Waals surface area contributed by atoms with Crippen LogP contribution in [0.3, 0.4) is 0 Å². The first-order valence-corrected chi connectivity index (χ1v) is 6.72. The lowest BCUT2D eigenvalue weighted by Crippen LogP contribution is -2.40. The number of unbranched alkanes of at least 4 members (excludes halogenated alkanes) is 2. The van der Waals surface area contributed by atoms with Crippen molar-refractivity contribution in [2.45, 2.75) is 44.1 Å². The molecule has 1 aliphatic carbocycles. The van der Waals surface area contributed by atoms with Crippen molar-refractivity contribution in [3.8, 4) is 12.3 Å². The molecule has 2 rings (SSSR count). The summed E-state index contributed by atoms with van der Waals surface area (Å²) < 4.78 is 12.8. The number of terminal acetylenes is 1. The van der Waals surface area contributed by atoms with Crippen LogP contribution in [0.4, 0.5) is 4.39 Å². The third kappa shape index (κ3) is 3.58. The highest BCUT2D eigenvalue weighted by molar-refractivity contribution is 5.23. The van der Waals surface area contributed by atoms with Gasteiger partial charge in [0.2, 0.25) is 0 Å². The van der Waals surface area contributed by atoms with Crippen molar-refractivity contribution in [3.05, 3.63) is 35.6 Å². The van der Waals surface area contributed by atoms with Crippen LogP contribution in [-0.2, 0) is 0 Å². The number of rotatable bonds is 6. The quantitative estimate of drug-likeness (QED) is 0.598. The number of halogens is 1. The fourth-order valence-corrected chi connectivity index (χ4v) is 2.45. The fraction of sp³-hybridized carbons (Fsp3) is 0.500. The fourth-order valence-electron chi connectivity index (χ4n) is 2.45. The second kappa shape index (κ2) is 6.56. The van der Waals surface area contributed by atoms with Gasteiger partial charge in [0.25, 0.3) is 0 Å². The topological polar surface area (TPSA) is 12.0 Å². The zero-order valence-electron chi connectivity index (χ0n) is 10.7. The molecule has 0 amide bonds. The second-order valence-electron chi connectivity index (χ2n) is 5.03. The molecule has 0 heterocycles. The first kappa shape index (κ1) is 13.1. The Balaban J connectivity index is 1.62. The molecule has 18 heavy (non-hydrogen) atoms. The Morgan fingerprint density at radius 1 is 1.22 bits per heavy atom. The van der Waals surface area contributed by atoms with Crippen molar-refractivity contribution in [1.82, 2.24) is 5.32 Å². The van der Waals surface area contributed by atoms with Crippen LogP contribution < -0.4 is 5.32 Å². The Hall–Kier alpha value is -1.33. The monoisotopic (exact) mass is 245 g/mol. The first-order chi connectivity index (χ1) is 8.79. The van der Waals surface area contributed by atoms with E-state index in [4.69, 9.17) is 6.42 Å². The molecule has 1 aromatic carbocycles. The third-order valence-corrected chi connectivity index (χ3v) is 3.66. The number of benzene rings is 1. The van der Waals surface area contributed by atoms with E-state index >= 15 is 0 Å². The highest BCUT2D eigenvalue weighted by Crippen LogP contribution is 2.36. The Labute approximate surface area is 109 Å². The van der Waals surface area contributed by atoms with E-state index in [0.717, 1.165) is 25.8 Å².